The zero-order valence-electron chi connectivity index (χ0n) is 16.0. The predicted octanol–water partition coefficient (Wildman–Crippen LogP) is 6.00. The summed E-state index contributed by atoms with van der Waals surface area (Å²) in [5.74, 6) is -1.18. The molecule has 1 aromatic rings. The fourth-order valence-corrected chi connectivity index (χ4v) is 3.80. The van der Waals surface area contributed by atoms with Crippen molar-refractivity contribution in [2.45, 2.75) is 83.7 Å². The van der Waals surface area contributed by atoms with Crippen molar-refractivity contribution in [3.63, 3.8) is 0 Å². The number of aryl methyl sites for hydroxylation is 1. The van der Waals surface area contributed by atoms with Crippen molar-refractivity contribution >= 4 is 5.97 Å². The van der Waals surface area contributed by atoms with E-state index >= 15 is 0 Å². The molecule has 0 saturated heterocycles. The molecule has 1 saturated carbocycles. The van der Waals surface area contributed by atoms with Crippen LogP contribution in [-0.4, -0.2) is 23.8 Å². The van der Waals surface area contributed by atoms with Crippen LogP contribution < -0.4 is 0 Å². The smallest absolute Gasteiger partial charge is 0.338 e. The Kier molecular flexibility index (Phi) is 9.10. The van der Waals surface area contributed by atoms with Gasteiger partial charge in [0.2, 0.25) is 0 Å². The zero-order valence-corrected chi connectivity index (χ0v) is 16.0. The highest BCUT2D eigenvalue weighted by Crippen LogP contribution is 2.30. The molecule has 146 valence electrons. The largest absolute Gasteiger partial charge is 0.478 e. The van der Waals surface area contributed by atoms with E-state index in [1.54, 1.807) is 6.07 Å². The number of aromatic carboxylic acids is 1. The summed E-state index contributed by atoms with van der Waals surface area (Å²) >= 11 is 0. The monoisotopic (exact) mass is 364 g/mol. The molecule has 26 heavy (non-hydrogen) atoms. The van der Waals surface area contributed by atoms with E-state index in [2.05, 4.69) is 6.92 Å². The molecule has 1 aromatic carbocycles. The number of ether oxygens (including phenoxy) is 1. The highest BCUT2D eigenvalue weighted by molar-refractivity contribution is 5.87. The standard InChI is InChI=1S/C22H33FO3/c1-2-3-4-5-6-15-26-19-12-9-17(10-13-19)7-8-18-11-14-20(22(24)25)21(23)16-18/h11,14,16-17,19H,2-10,12-13,15H2,1H3,(H,24,25). The lowest BCUT2D eigenvalue weighted by Crippen LogP contribution is -2.22. The third-order valence-corrected chi connectivity index (χ3v) is 5.50. The average molecular weight is 365 g/mol. The number of hydrogen-bond donors (Lipinski definition) is 1. The number of carboxylic acid groups (broad SMARTS) is 1. The molecule has 0 aromatic heterocycles. The normalized spacial score (nSPS) is 20.2. The van der Waals surface area contributed by atoms with E-state index in [1.165, 1.54) is 57.1 Å². The van der Waals surface area contributed by atoms with E-state index in [9.17, 15) is 9.18 Å². The minimum atomic E-state index is -1.21. The van der Waals surface area contributed by atoms with E-state index in [0.29, 0.717) is 12.0 Å². The van der Waals surface area contributed by atoms with Gasteiger partial charge in [0, 0.05) is 6.61 Å². The summed E-state index contributed by atoms with van der Waals surface area (Å²) in [6, 6.07) is 4.48. The lowest BCUT2D eigenvalue weighted by atomic mass is 9.83. The first-order chi connectivity index (χ1) is 12.6. The lowest BCUT2D eigenvalue weighted by molar-refractivity contribution is 0.0153. The molecular formula is C22H33FO3. The van der Waals surface area contributed by atoms with Crippen LogP contribution >= 0.6 is 0 Å². The fraction of sp³-hybridized carbons (Fsp3) is 0.682. The molecule has 0 bridgehead atoms. The number of benzene rings is 1. The summed E-state index contributed by atoms with van der Waals surface area (Å²) in [5.41, 5.74) is 0.638. The highest BCUT2D eigenvalue weighted by atomic mass is 19.1. The molecule has 1 fully saturated rings. The van der Waals surface area contributed by atoms with Crippen LogP contribution in [-0.2, 0) is 11.2 Å². The Hall–Kier alpha value is -1.42. The molecule has 2 rings (SSSR count). The number of rotatable bonds is 11. The van der Waals surface area contributed by atoms with Crippen molar-refractivity contribution in [3.8, 4) is 0 Å². The molecule has 1 aliphatic rings. The number of hydrogen-bond acceptors (Lipinski definition) is 2. The number of halogens is 1. The van der Waals surface area contributed by atoms with Crippen LogP contribution in [0.4, 0.5) is 4.39 Å². The number of carboxylic acids is 1. The summed E-state index contributed by atoms with van der Waals surface area (Å²) in [6.07, 6.45) is 13.3. The van der Waals surface area contributed by atoms with Crippen LogP contribution in [0.1, 0.15) is 87.1 Å². The van der Waals surface area contributed by atoms with Crippen molar-refractivity contribution < 1.29 is 19.0 Å². The van der Waals surface area contributed by atoms with E-state index in [4.69, 9.17) is 9.84 Å². The Balaban J connectivity index is 1.61. The second-order valence-corrected chi connectivity index (χ2v) is 7.59. The molecule has 0 aliphatic heterocycles. The van der Waals surface area contributed by atoms with Gasteiger partial charge < -0.3 is 9.84 Å². The van der Waals surface area contributed by atoms with Gasteiger partial charge >= 0.3 is 5.97 Å². The first kappa shape index (κ1) is 20.9. The molecular weight excluding hydrogens is 331 g/mol. The van der Waals surface area contributed by atoms with Crippen LogP contribution in [0, 0.1) is 11.7 Å². The average Bonchev–Trinajstić information content (AvgIpc) is 2.63. The Bertz CT molecular complexity index is 550. The third kappa shape index (κ3) is 7.06. The Labute approximate surface area is 156 Å². The van der Waals surface area contributed by atoms with Crippen LogP contribution in [0.15, 0.2) is 18.2 Å². The summed E-state index contributed by atoms with van der Waals surface area (Å²) in [6.45, 7) is 3.13. The molecule has 1 N–H and O–H groups in total. The van der Waals surface area contributed by atoms with E-state index < -0.39 is 11.8 Å². The topological polar surface area (TPSA) is 46.5 Å². The molecule has 0 atom stereocenters. The molecule has 1 aliphatic carbocycles. The molecule has 3 nitrogen and oxygen atoms in total. The van der Waals surface area contributed by atoms with E-state index in [1.807, 2.05) is 0 Å². The van der Waals surface area contributed by atoms with Gasteiger partial charge in [-0.15, -0.1) is 0 Å². The SMILES string of the molecule is CCCCCCCOC1CCC(CCc2ccc(C(=O)O)c(F)c2)CC1. The summed E-state index contributed by atoms with van der Waals surface area (Å²) in [5, 5.41) is 8.88. The lowest BCUT2D eigenvalue weighted by Gasteiger charge is -2.28. The molecule has 0 amide bonds. The first-order valence-electron chi connectivity index (χ1n) is 10.2. The number of carbonyl (C=O) groups is 1. The first-order valence-corrected chi connectivity index (χ1v) is 10.2. The van der Waals surface area contributed by atoms with E-state index in [0.717, 1.165) is 37.9 Å². The maximum Gasteiger partial charge on any atom is 0.338 e. The van der Waals surface area contributed by atoms with Crippen molar-refractivity contribution in [2.24, 2.45) is 5.92 Å². The van der Waals surface area contributed by atoms with Gasteiger partial charge in [0.25, 0.3) is 0 Å². The van der Waals surface area contributed by atoms with Crippen LogP contribution in [0.2, 0.25) is 0 Å². The maximum atomic E-state index is 13.7. The maximum absolute atomic E-state index is 13.7. The molecule has 0 spiro atoms. The van der Waals surface area contributed by atoms with E-state index in [-0.39, 0.29) is 5.56 Å². The zero-order chi connectivity index (χ0) is 18.8. The number of unbranched alkanes of at least 4 members (excludes halogenated alkanes) is 4. The molecule has 0 unspecified atom stereocenters. The highest BCUT2D eigenvalue weighted by Gasteiger charge is 2.21. The fourth-order valence-electron chi connectivity index (χ4n) is 3.80. The Morgan fingerprint density at radius 1 is 1.15 bits per heavy atom. The Morgan fingerprint density at radius 2 is 1.88 bits per heavy atom. The summed E-state index contributed by atoms with van der Waals surface area (Å²) in [7, 11) is 0. The predicted molar refractivity (Wildman–Crippen MR) is 102 cm³/mol. The molecule has 4 heteroatoms. The van der Waals surface area contributed by atoms with Gasteiger partial charge in [-0.1, -0.05) is 38.7 Å². The minimum absolute atomic E-state index is 0.249. The van der Waals surface area contributed by atoms with Gasteiger partial charge in [-0.3, -0.25) is 0 Å². The van der Waals surface area contributed by atoms with Crippen LogP contribution in [0.3, 0.4) is 0 Å². The third-order valence-electron chi connectivity index (χ3n) is 5.50. The van der Waals surface area contributed by atoms with Crippen molar-refractivity contribution in [2.75, 3.05) is 6.61 Å². The van der Waals surface area contributed by atoms with Gasteiger partial charge in [-0.05, 0) is 68.6 Å². The van der Waals surface area contributed by atoms with Gasteiger partial charge in [-0.2, -0.15) is 0 Å². The van der Waals surface area contributed by atoms with Gasteiger partial charge in [0.1, 0.15) is 5.82 Å². The molecule has 0 radical (unpaired) electrons. The Morgan fingerprint density at radius 3 is 2.54 bits per heavy atom. The molecule has 0 heterocycles. The van der Waals surface area contributed by atoms with Crippen molar-refractivity contribution in [3.05, 3.63) is 35.1 Å². The van der Waals surface area contributed by atoms with Crippen LogP contribution in [0.25, 0.3) is 0 Å². The van der Waals surface area contributed by atoms with Gasteiger partial charge in [0.15, 0.2) is 0 Å². The quantitative estimate of drug-likeness (QED) is 0.490. The second-order valence-electron chi connectivity index (χ2n) is 7.59. The van der Waals surface area contributed by atoms with Crippen molar-refractivity contribution in [1.82, 2.24) is 0 Å². The van der Waals surface area contributed by atoms with Crippen molar-refractivity contribution in [1.29, 1.82) is 0 Å². The summed E-state index contributed by atoms with van der Waals surface area (Å²) in [4.78, 5) is 10.9. The van der Waals surface area contributed by atoms with Gasteiger partial charge in [0.05, 0.1) is 11.7 Å². The minimum Gasteiger partial charge on any atom is -0.478 e. The van der Waals surface area contributed by atoms with Gasteiger partial charge in [-0.25, -0.2) is 9.18 Å². The second kappa shape index (κ2) is 11.3. The summed E-state index contributed by atoms with van der Waals surface area (Å²) < 4.78 is 19.8. The van der Waals surface area contributed by atoms with Crippen LogP contribution in [0.5, 0.6) is 0 Å².